The largest absolute Gasteiger partial charge is 0.313 e. The van der Waals surface area contributed by atoms with Crippen molar-refractivity contribution in [1.29, 1.82) is 0 Å². The molecule has 15 heavy (non-hydrogen) atoms. The van der Waals surface area contributed by atoms with Crippen LogP contribution in [0.3, 0.4) is 0 Å². The highest BCUT2D eigenvalue weighted by Gasteiger charge is 2.24. The average Bonchev–Trinajstić information content (AvgIpc) is 2.31. The lowest BCUT2D eigenvalue weighted by molar-refractivity contribution is 0.123. The number of rotatable bonds is 3. The van der Waals surface area contributed by atoms with Gasteiger partial charge in [0.15, 0.2) is 0 Å². The zero-order valence-corrected chi connectivity index (χ0v) is 10.2. The lowest BCUT2D eigenvalue weighted by Gasteiger charge is -2.38. The second-order valence-electron chi connectivity index (χ2n) is 5.20. The predicted molar refractivity (Wildman–Crippen MR) is 65.1 cm³/mol. The van der Waals surface area contributed by atoms with E-state index < -0.39 is 0 Å². The molecule has 2 saturated heterocycles. The van der Waals surface area contributed by atoms with E-state index in [1.807, 2.05) is 0 Å². The van der Waals surface area contributed by atoms with Crippen molar-refractivity contribution in [1.82, 2.24) is 10.2 Å². The summed E-state index contributed by atoms with van der Waals surface area (Å²) in [5.41, 5.74) is 0. The quantitative estimate of drug-likeness (QED) is 0.769. The molecular formula is C13H26N2. The van der Waals surface area contributed by atoms with E-state index in [0.717, 1.165) is 12.1 Å². The van der Waals surface area contributed by atoms with Crippen molar-refractivity contribution in [3.63, 3.8) is 0 Å². The van der Waals surface area contributed by atoms with Gasteiger partial charge in [0.1, 0.15) is 0 Å². The molecule has 0 saturated carbocycles. The first kappa shape index (κ1) is 11.4. The summed E-state index contributed by atoms with van der Waals surface area (Å²) in [7, 11) is 0. The topological polar surface area (TPSA) is 15.3 Å². The van der Waals surface area contributed by atoms with E-state index in [0.29, 0.717) is 0 Å². The van der Waals surface area contributed by atoms with Gasteiger partial charge in [-0.15, -0.1) is 0 Å². The number of nitrogens with zero attached hydrogens (tertiary/aromatic N) is 1. The molecule has 1 N–H and O–H groups in total. The summed E-state index contributed by atoms with van der Waals surface area (Å²) in [4.78, 5) is 2.74. The maximum atomic E-state index is 3.67. The van der Waals surface area contributed by atoms with E-state index in [-0.39, 0.29) is 0 Å². The summed E-state index contributed by atoms with van der Waals surface area (Å²) < 4.78 is 0. The lowest BCUT2D eigenvalue weighted by atomic mass is 9.97. The number of likely N-dealkylation sites (tertiary alicyclic amines) is 1. The molecule has 0 unspecified atom stereocenters. The minimum atomic E-state index is 0.783. The van der Waals surface area contributed by atoms with Gasteiger partial charge >= 0.3 is 0 Å². The van der Waals surface area contributed by atoms with Crippen LogP contribution in [0.5, 0.6) is 0 Å². The van der Waals surface area contributed by atoms with Crippen molar-refractivity contribution >= 4 is 0 Å². The van der Waals surface area contributed by atoms with Crippen molar-refractivity contribution in [3.8, 4) is 0 Å². The van der Waals surface area contributed by atoms with E-state index in [4.69, 9.17) is 0 Å². The minimum Gasteiger partial charge on any atom is -0.313 e. The molecule has 2 rings (SSSR count). The third-order valence-electron chi connectivity index (χ3n) is 4.09. The Morgan fingerprint density at radius 3 is 2.73 bits per heavy atom. The Labute approximate surface area is 94.4 Å². The fourth-order valence-electron chi connectivity index (χ4n) is 3.13. The van der Waals surface area contributed by atoms with Gasteiger partial charge in [-0.1, -0.05) is 19.8 Å². The molecule has 2 atom stereocenters. The third kappa shape index (κ3) is 3.18. The van der Waals surface area contributed by atoms with Crippen molar-refractivity contribution in [2.45, 2.75) is 64.0 Å². The monoisotopic (exact) mass is 210 g/mol. The Kier molecular flexibility index (Phi) is 4.45. The first-order chi connectivity index (χ1) is 7.40. The van der Waals surface area contributed by atoms with Crippen LogP contribution in [0.2, 0.25) is 0 Å². The van der Waals surface area contributed by atoms with E-state index in [9.17, 15) is 0 Å². The molecule has 0 aromatic heterocycles. The predicted octanol–water partition coefficient (Wildman–Crippen LogP) is 2.39. The van der Waals surface area contributed by atoms with Gasteiger partial charge in [-0.3, -0.25) is 4.90 Å². The molecule has 2 aliphatic rings. The van der Waals surface area contributed by atoms with Gasteiger partial charge in [-0.25, -0.2) is 0 Å². The van der Waals surface area contributed by atoms with Gasteiger partial charge in [-0.2, -0.15) is 0 Å². The minimum absolute atomic E-state index is 0.783. The van der Waals surface area contributed by atoms with E-state index in [1.165, 1.54) is 64.6 Å². The maximum Gasteiger partial charge on any atom is 0.0195 e. The number of nitrogens with one attached hydrogen (secondary N) is 1. The van der Waals surface area contributed by atoms with Gasteiger partial charge in [-0.05, 0) is 45.2 Å². The molecule has 2 aliphatic heterocycles. The number of piperidine rings is 2. The van der Waals surface area contributed by atoms with Crippen LogP contribution < -0.4 is 5.32 Å². The van der Waals surface area contributed by atoms with Crippen molar-refractivity contribution in [2.75, 3.05) is 19.6 Å². The van der Waals surface area contributed by atoms with Crippen molar-refractivity contribution < 1.29 is 0 Å². The van der Waals surface area contributed by atoms with E-state index in [1.54, 1.807) is 0 Å². The van der Waals surface area contributed by atoms with E-state index in [2.05, 4.69) is 17.1 Å². The molecular weight excluding hydrogens is 184 g/mol. The SMILES string of the molecule is CC[C@H]1CCCCN1C[C@H]1CCCCN1. The van der Waals surface area contributed by atoms with Crippen LogP contribution in [-0.4, -0.2) is 36.6 Å². The molecule has 0 aromatic rings. The van der Waals surface area contributed by atoms with Crippen LogP contribution in [0, 0.1) is 0 Å². The Morgan fingerprint density at radius 2 is 2.00 bits per heavy atom. The number of hydrogen-bond donors (Lipinski definition) is 1. The van der Waals surface area contributed by atoms with Crippen LogP contribution in [-0.2, 0) is 0 Å². The highest BCUT2D eigenvalue weighted by molar-refractivity contribution is 4.82. The second kappa shape index (κ2) is 5.86. The standard InChI is InChI=1S/C13H26N2/c1-2-13-8-4-6-10-15(13)11-12-7-3-5-9-14-12/h12-14H,2-11H2,1H3/t12-,13+/m1/s1. The smallest absolute Gasteiger partial charge is 0.0195 e. The Hall–Kier alpha value is -0.0800. The molecule has 2 fully saturated rings. The zero-order chi connectivity index (χ0) is 10.5. The van der Waals surface area contributed by atoms with Gasteiger partial charge in [0.05, 0.1) is 0 Å². The molecule has 0 aliphatic carbocycles. The van der Waals surface area contributed by atoms with Crippen LogP contribution in [0.4, 0.5) is 0 Å². The molecule has 0 amide bonds. The molecule has 2 heteroatoms. The van der Waals surface area contributed by atoms with Crippen molar-refractivity contribution in [3.05, 3.63) is 0 Å². The van der Waals surface area contributed by atoms with Gasteiger partial charge in [0.25, 0.3) is 0 Å². The Bertz CT molecular complexity index is 175. The first-order valence-electron chi connectivity index (χ1n) is 6.87. The van der Waals surface area contributed by atoms with Crippen LogP contribution >= 0.6 is 0 Å². The molecule has 2 heterocycles. The van der Waals surface area contributed by atoms with Gasteiger partial charge < -0.3 is 5.32 Å². The average molecular weight is 210 g/mol. The van der Waals surface area contributed by atoms with E-state index >= 15 is 0 Å². The third-order valence-corrected chi connectivity index (χ3v) is 4.09. The summed E-state index contributed by atoms with van der Waals surface area (Å²) >= 11 is 0. The highest BCUT2D eigenvalue weighted by atomic mass is 15.2. The first-order valence-corrected chi connectivity index (χ1v) is 6.87. The Morgan fingerprint density at radius 1 is 1.13 bits per heavy atom. The maximum absolute atomic E-state index is 3.67. The summed E-state index contributed by atoms with van der Waals surface area (Å²) in [6, 6.07) is 1.66. The van der Waals surface area contributed by atoms with Crippen molar-refractivity contribution in [2.24, 2.45) is 0 Å². The van der Waals surface area contributed by atoms with Crippen LogP contribution in [0.15, 0.2) is 0 Å². The summed E-state index contributed by atoms with van der Waals surface area (Å²) in [6.45, 7) is 6.24. The fourth-order valence-corrected chi connectivity index (χ4v) is 3.13. The van der Waals surface area contributed by atoms with Crippen LogP contribution in [0.25, 0.3) is 0 Å². The highest BCUT2D eigenvalue weighted by Crippen LogP contribution is 2.20. The molecule has 0 aromatic carbocycles. The molecule has 0 spiro atoms. The summed E-state index contributed by atoms with van der Waals surface area (Å²) in [5.74, 6) is 0. The summed E-state index contributed by atoms with van der Waals surface area (Å²) in [6.07, 6.45) is 9.86. The Balaban J connectivity index is 1.79. The summed E-state index contributed by atoms with van der Waals surface area (Å²) in [5, 5.41) is 3.67. The van der Waals surface area contributed by atoms with Crippen LogP contribution in [0.1, 0.15) is 51.9 Å². The molecule has 0 radical (unpaired) electrons. The zero-order valence-electron chi connectivity index (χ0n) is 10.2. The molecule has 0 bridgehead atoms. The van der Waals surface area contributed by atoms with Gasteiger partial charge in [0.2, 0.25) is 0 Å². The molecule has 2 nitrogen and oxygen atoms in total. The lowest BCUT2D eigenvalue weighted by Crippen LogP contribution is -2.48. The fraction of sp³-hybridized carbons (Fsp3) is 1.00. The second-order valence-corrected chi connectivity index (χ2v) is 5.20. The normalized spacial score (nSPS) is 34.2. The number of hydrogen-bond acceptors (Lipinski definition) is 2. The van der Waals surface area contributed by atoms with Gasteiger partial charge in [0, 0.05) is 18.6 Å². The molecule has 88 valence electrons.